The summed E-state index contributed by atoms with van der Waals surface area (Å²) >= 11 is 1.76. The van der Waals surface area contributed by atoms with E-state index < -0.39 is 0 Å². The largest absolute Gasteiger partial charge is 0.330 e. The Bertz CT molecular complexity index is 323. The molecule has 0 aromatic carbocycles. The first kappa shape index (κ1) is 11.0. The SMILES string of the molecule is CC(CN)c1nc(C2CCN(C)C2)cs1. The van der Waals surface area contributed by atoms with Gasteiger partial charge < -0.3 is 10.6 Å². The second kappa shape index (κ2) is 4.60. The van der Waals surface area contributed by atoms with Crippen molar-refractivity contribution in [3.05, 3.63) is 16.1 Å². The molecule has 0 aliphatic carbocycles. The lowest BCUT2D eigenvalue weighted by Gasteiger charge is -2.07. The highest BCUT2D eigenvalue weighted by Gasteiger charge is 2.23. The molecule has 1 aromatic heterocycles. The van der Waals surface area contributed by atoms with Crippen LogP contribution in [0.3, 0.4) is 0 Å². The standard InChI is InChI=1S/C11H19N3S/c1-8(5-12)11-13-10(7-15-11)9-3-4-14(2)6-9/h7-9H,3-6,12H2,1-2H3. The number of likely N-dealkylation sites (N-methyl/N-ethyl adjacent to an activating group) is 1. The maximum absolute atomic E-state index is 5.65. The zero-order valence-electron chi connectivity index (χ0n) is 9.44. The van der Waals surface area contributed by atoms with Crippen LogP contribution in [0.15, 0.2) is 5.38 Å². The molecule has 1 saturated heterocycles. The maximum atomic E-state index is 5.65. The van der Waals surface area contributed by atoms with Crippen LogP contribution in [0.4, 0.5) is 0 Å². The maximum Gasteiger partial charge on any atom is 0.0969 e. The Hall–Kier alpha value is -0.450. The van der Waals surface area contributed by atoms with Crippen LogP contribution in [0, 0.1) is 0 Å². The van der Waals surface area contributed by atoms with Crippen molar-refractivity contribution in [2.75, 3.05) is 26.7 Å². The van der Waals surface area contributed by atoms with Crippen molar-refractivity contribution in [3.8, 4) is 0 Å². The third kappa shape index (κ3) is 2.38. The third-order valence-electron chi connectivity index (χ3n) is 3.12. The predicted octanol–water partition coefficient (Wildman–Crippen LogP) is 1.62. The molecule has 0 spiro atoms. The molecule has 1 aliphatic heterocycles. The number of hydrogen-bond donors (Lipinski definition) is 1. The van der Waals surface area contributed by atoms with E-state index in [1.807, 2.05) is 0 Å². The van der Waals surface area contributed by atoms with E-state index in [9.17, 15) is 0 Å². The minimum Gasteiger partial charge on any atom is -0.330 e. The monoisotopic (exact) mass is 225 g/mol. The van der Waals surface area contributed by atoms with Crippen LogP contribution in [0.2, 0.25) is 0 Å². The minimum absolute atomic E-state index is 0.405. The first-order valence-corrected chi connectivity index (χ1v) is 6.42. The van der Waals surface area contributed by atoms with E-state index in [4.69, 9.17) is 10.7 Å². The lowest BCUT2D eigenvalue weighted by molar-refractivity contribution is 0.411. The van der Waals surface area contributed by atoms with Gasteiger partial charge >= 0.3 is 0 Å². The fourth-order valence-electron chi connectivity index (χ4n) is 1.99. The Morgan fingerprint density at radius 1 is 1.73 bits per heavy atom. The summed E-state index contributed by atoms with van der Waals surface area (Å²) in [6.45, 7) is 5.19. The quantitative estimate of drug-likeness (QED) is 0.850. The Kier molecular flexibility index (Phi) is 3.38. The summed E-state index contributed by atoms with van der Waals surface area (Å²) in [5.41, 5.74) is 6.92. The van der Waals surface area contributed by atoms with Crippen molar-refractivity contribution in [2.45, 2.75) is 25.2 Å². The van der Waals surface area contributed by atoms with Crippen molar-refractivity contribution in [1.29, 1.82) is 0 Å². The second-order valence-corrected chi connectivity index (χ2v) is 5.38. The number of nitrogens with two attached hydrogens (primary N) is 1. The van der Waals surface area contributed by atoms with E-state index in [2.05, 4.69) is 24.3 Å². The van der Waals surface area contributed by atoms with E-state index in [0.29, 0.717) is 18.4 Å². The van der Waals surface area contributed by atoms with Crippen LogP contribution in [-0.2, 0) is 0 Å². The van der Waals surface area contributed by atoms with Crippen LogP contribution < -0.4 is 5.73 Å². The number of likely N-dealkylation sites (tertiary alicyclic amines) is 1. The molecule has 1 aliphatic rings. The first-order chi connectivity index (χ1) is 7.20. The molecular formula is C11H19N3S. The molecule has 15 heavy (non-hydrogen) atoms. The summed E-state index contributed by atoms with van der Waals surface area (Å²) in [6, 6.07) is 0. The smallest absolute Gasteiger partial charge is 0.0969 e. The zero-order chi connectivity index (χ0) is 10.8. The van der Waals surface area contributed by atoms with E-state index in [-0.39, 0.29) is 0 Å². The summed E-state index contributed by atoms with van der Waals surface area (Å²) in [7, 11) is 2.18. The molecule has 2 atom stereocenters. The van der Waals surface area contributed by atoms with Gasteiger partial charge in [-0.2, -0.15) is 0 Å². The summed E-state index contributed by atoms with van der Waals surface area (Å²) in [6.07, 6.45) is 1.25. The average Bonchev–Trinajstić information content (AvgIpc) is 2.84. The minimum atomic E-state index is 0.405. The molecule has 0 bridgehead atoms. The van der Waals surface area contributed by atoms with Crippen molar-refractivity contribution in [2.24, 2.45) is 5.73 Å². The summed E-state index contributed by atoms with van der Waals surface area (Å²) in [5, 5.41) is 3.41. The van der Waals surface area contributed by atoms with Gasteiger partial charge in [-0.05, 0) is 20.0 Å². The fraction of sp³-hybridized carbons (Fsp3) is 0.727. The molecule has 1 aromatic rings. The Morgan fingerprint density at radius 2 is 2.53 bits per heavy atom. The lowest BCUT2D eigenvalue weighted by Crippen LogP contribution is -2.13. The molecule has 0 radical (unpaired) electrons. The van der Waals surface area contributed by atoms with E-state index >= 15 is 0 Å². The number of aromatic nitrogens is 1. The van der Waals surface area contributed by atoms with Gasteiger partial charge in [0, 0.05) is 30.3 Å². The Balaban J connectivity index is 2.07. The van der Waals surface area contributed by atoms with Gasteiger partial charge in [0.1, 0.15) is 0 Å². The number of rotatable bonds is 3. The number of hydrogen-bond acceptors (Lipinski definition) is 4. The van der Waals surface area contributed by atoms with Gasteiger partial charge in [-0.3, -0.25) is 0 Å². The first-order valence-electron chi connectivity index (χ1n) is 5.54. The van der Waals surface area contributed by atoms with Crippen LogP contribution in [0.25, 0.3) is 0 Å². The molecule has 2 N–H and O–H groups in total. The fourth-order valence-corrected chi connectivity index (χ4v) is 2.97. The lowest BCUT2D eigenvalue weighted by atomic mass is 10.1. The van der Waals surface area contributed by atoms with Gasteiger partial charge in [0.2, 0.25) is 0 Å². The molecular weight excluding hydrogens is 206 g/mol. The average molecular weight is 225 g/mol. The van der Waals surface area contributed by atoms with Gasteiger partial charge in [0.05, 0.1) is 10.7 Å². The van der Waals surface area contributed by atoms with Crippen molar-refractivity contribution in [1.82, 2.24) is 9.88 Å². The van der Waals surface area contributed by atoms with E-state index in [1.165, 1.54) is 23.7 Å². The van der Waals surface area contributed by atoms with Gasteiger partial charge in [-0.15, -0.1) is 11.3 Å². The van der Waals surface area contributed by atoms with Crippen molar-refractivity contribution >= 4 is 11.3 Å². The van der Waals surface area contributed by atoms with Gasteiger partial charge in [-0.1, -0.05) is 6.92 Å². The number of thiazole rings is 1. The van der Waals surface area contributed by atoms with Crippen LogP contribution in [0.1, 0.15) is 35.9 Å². The van der Waals surface area contributed by atoms with Crippen LogP contribution in [-0.4, -0.2) is 36.6 Å². The summed E-state index contributed by atoms with van der Waals surface area (Å²) < 4.78 is 0. The highest BCUT2D eigenvalue weighted by Crippen LogP contribution is 2.29. The third-order valence-corrected chi connectivity index (χ3v) is 4.22. The van der Waals surface area contributed by atoms with E-state index in [0.717, 1.165) is 6.54 Å². The molecule has 0 amide bonds. The van der Waals surface area contributed by atoms with Gasteiger partial charge in [-0.25, -0.2) is 4.98 Å². The normalized spacial score (nSPS) is 24.6. The summed E-state index contributed by atoms with van der Waals surface area (Å²) in [5.74, 6) is 1.05. The Labute approximate surface area is 95.3 Å². The number of nitrogens with zero attached hydrogens (tertiary/aromatic N) is 2. The Morgan fingerprint density at radius 3 is 3.13 bits per heavy atom. The van der Waals surface area contributed by atoms with Crippen LogP contribution >= 0.6 is 11.3 Å². The van der Waals surface area contributed by atoms with Gasteiger partial charge in [0.25, 0.3) is 0 Å². The van der Waals surface area contributed by atoms with E-state index in [1.54, 1.807) is 11.3 Å². The second-order valence-electron chi connectivity index (χ2n) is 4.50. The zero-order valence-corrected chi connectivity index (χ0v) is 10.3. The molecule has 3 nitrogen and oxygen atoms in total. The molecule has 0 saturated carbocycles. The highest BCUT2D eigenvalue weighted by molar-refractivity contribution is 7.09. The van der Waals surface area contributed by atoms with Gasteiger partial charge in [0.15, 0.2) is 0 Å². The summed E-state index contributed by atoms with van der Waals surface area (Å²) in [4.78, 5) is 7.08. The van der Waals surface area contributed by atoms with Crippen molar-refractivity contribution < 1.29 is 0 Å². The molecule has 2 rings (SSSR count). The molecule has 1 fully saturated rings. The molecule has 4 heteroatoms. The van der Waals surface area contributed by atoms with Crippen molar-refractivity contribution in [3.63, 3.8) is 0 Å². The topological polar surface area (TPSA) is 42.1 Å². The predicted molar refractivity (Wildman–Crippen MR) is 64.4 cm³/mol. The molecule has 84 valence electrons. The molecule has 2 unspecified atom stereocenters. The molecule has 2 heterocycles. The highest BCUT2D eigenvalue weighted by atomic mass is 32.1. The van der Waals surface area contributed by atoms with Crippen LogP contribution in [0.5, 0.6) is 0 Å².